The van der Waals surface area contributed by atoms with Crippen LogP contribution in [-0.2, 0) is 4.74 Å². The van der Waals surface area contributed by atoms with E-state index >= 15 is 0 Å². The summed E-state index contributed by atoms with van der Waals surface area (Å²) in [5.41, 5.74) is 1.97. The van der Waals surface area contributed by atoms with Crippen LogP contribution < -0.4 is 0 Å². The van der Waals surface area contributed by atoms with Gasteiger partial charge >= 0.3 is 5.97 Å². The van der Waals surface area contributed by atoms with Gasteiger partial charge in [0.2, 0.25) is 0 Å². The lowest BCUT2D eigenvalue weighted by molar-refractivity contribution is 0.0500. The fourth-order valence-corrected chi connectivity index (χ4v) is 2.48. The van der Waals surface area contributed by atoms with Gasteiger partial charge in [-0.25, -0.2) is 4.79 Å². The highest BCUT2D eigenvalue weighted by molar-refractivity contribution is 6.36. The zero-order chi connectivity index (χ0) is 14.1. The molecule has 0 radical (unpaired) electrons. The Balaban J connectivity index is 1.89. The number of fused-ring (bicyclic) bond motifs is 1. The van der Waals surface area contributed by atoms with Gasteiger partial charge in [0.15, 0.2) is 6.10 Å². The molecular weight excluding hydrogens is 297 g/mol. The first-order chi connectivity index (χ1) is 9.65. The van der Waals surface area contributed by atoms with Gasteiger partial charge in [0.25, 0.3) is 0 Å². The minimum absolute atomic E-state index is 0.334. The third-order valence-corrected chi connectivity index (χ3v) is 3.52. The van der Waals surface area contributed by atoms with Crippen LogP contribution >= 0.6 is 23.2 Å². The summed E-state index contributed by atoms with van der Waals surface area (Å²) in [4.78, 5) is 15.9. The molecule has 0 fully saturated rings. The number of rotatable bonds is 2. The van der Waals surface area contributed by atoms with Gasteiger partial charge in [0.1, 0.15) is 0 Å². The van der Waals surface area contributed by atoms with E-state index in [0.29, 0.717) is 21.3 Å². The second-order valence-corrected chi connectivity index (χ2v) is 5.13. The van der Waals surface area contributed by atoms with Crippen LogP contribution in [0.25, 0.3) is 0 Å². The van der Waals surface area contributed by atoms with Gasteiger partial charge in [-0.1, -0.05) is 41.4 Å². The maximum absolute atomic E-state index is 11.7. The number of aliphatic imine (C=N–C) groups is 1. The van der Waals surface area contributed by atoms with Crippen molar-refractivity contribution in [2.75, 3.05) is 0 Å². The number of cyclic esters (lactones) is 1. The van der Waals surface area contributed by atoms with Crippen molar-refractivity contribution in [2.45, 2.75) is 6.10 Å². The van der Waals surface area contributed by atoms with Gasteiger partial charge in [0.05, 0.1) is 22.5 Å². The van der Waals surface area contributed by atoms with E-state index in [0.717, 1.165) is 5.56 Å². The highest BCUT2D eigenvalue weighted by Crippen LogP contribution is 2.31. The van der Waals surface area contributed by atoms with Gasteiger partial charge in [-0.15, -0.1) is 0 Å². The number of benzene rings is 2. The van der Waals surface area contributed by atoms with E-state index in [2.05, 4.69) is 4.99 Å². The Labute approximate surface area is 125 Å². The maximum atomic E-state index is 11.7. The summed E-state index contributed by atoms with van der Waals surface area (Å²) in [6.07, 6.45) is 1.09. The summed E-state index contributed by atoms with van der Waals surface area (Å²) in [7, 11) is 0. The van der Waals surface area contributed by atoms with Crippen molar-refractivity contribution in [3.63, 3.8) is 0 Å². The van der Waals surface area contributed by atoms with Crippen LogP contribution in [0.15, 0.2) is 47.5 Å². The molecule has 0 aliphatic carbocycles. The highest BCUT2D eigenvalue weighted by atomic mass is 35.5. The summed E-state index contributed by atoms with van der Waals surface area (Å²) in [6.45, 7) is 0. The first-order valence-electron chi connectivity index (χ1n) is 5.94. The van der Waals surface area contributed by atoms with Crippen LogP contribution in [0.1, 0.15) is 22.0 Å². The summed E-state index contributed by atoms with van der Waals surface area (Å²) in [5, 5.41) is 0.998. The van der Waals surface area contributed by atoms with Crippen LogP contribution in [0.3, 0.4) is 0 Å². The van der Waals surface area contributed by atoms with Crippen molar-refractivity contribution in [1.29, 1.82) is 0 Å². The average molecular weight is 306 g/mol. The summed E-state index contributed by atoms with van der Waals surface area (Å²) >= 11 is 11.9. The molecule has 100 valence electrons. The molecule has 1 aliphatic heterocycles. The molecule has 3 nitrogen and oxygen atoms in total. The smallest absolute Gasteiger partial charge is 0.339 e. The van der Waals surface area contributed by atoms with Crippen LogP contribution in [0.4, 0.5) is 5.69 Å². The Hall–Kier alpha value is -1.84. The Bertz CT molecular complexity index is 713. The normalized spacial score (nSPS) is 17.3. The van der Waals surface area contributed by atoms with E-state index in [1.54, 1.807) is 36.5 Å². The van der Waals surface area contributed by atoms with E-state index < -0.39 is 6.10 Å². The molecule has 20 heavy (non-hydrogen) atoms. The van der Waals surface area contributed by atoms with Crippen LogP contribution in [0.2, 0.25) is 10.0 Å². The molecule has 2 aromatic carbocycles. The van der Waals surface area contributed by atoms with Crippen molar-refractivity contribution < 1.29 is 9.53 Å². The first kappa shape index (κ1) is 13.2. The zero-order valence-corrected chi connectivity index (χ0v) is 11.7. The second kappa shape index (κ2) is 5.27. The van der Waals surface area contributed by atoms with Gasteiger partial charge < -0.3 is 4.74 Å². The molecular formula is C15H9Cl2NO2. The van der Waals surface area contributed by atoms with Crippen molar-refractivity contribution >= 4 is 41.1 Å². The van der Waals surface area contributed by atoms with Gasteiger partial charge in [0, 0.05) is 10.6 Å². The maximum Gasteiger partial charge on any atom is 0.339 e. The Morgan fingerprint density at radius 1 is 1.15 bits per heavy atom. The number of ether oxygens (including phenoxy) is 1. The van der Waals surface area contributed by atoms with Crippen LogP contribution in [-0.4, -0.2) is 12.2 Å². The van der Waals surface area contributed by atoms with Crippen LogP contribution in [0.5, 0.6) is 0 Å². The van der Waals surface area contributed by atoms with Gasteiger partial charge in [-0.3, -0.25) is 4.99 Å². The summed E-state index contributed by atoms with van der Waals surface area (Å²) < 4.78 is 5.26. The van der Waals surface area contributed by atoms with Crippen molar-refractivity contribution in [1.82, 2.24) is 0 Å². The van der Waals surface area contributed by atoms with E-state index in [1.165, 1.54) is 0 Å². The molecule has 0 bridgehead atoms. The summed E-state index contributed by atoms with van der Waals surface area (Å²) in [6, 6.07) is 12.3. The standard InChI is InChI=1S/C15H9Cl2NO2/c16-9-5-6-13(12(17)7-9)18-8-14-10-3-1-2-4-11(10)15(19)20-14/h1-8,14H/t14-/m1/s1. The molecule has 3 rings (SSSR count). The molecule has 0 saturated carbocycles. The first-order valence-corrected chi connectivity index (χ1v) is 6.70. The van der Waals surface area contributed by atoms with Crippen molar-refractivity contribution in [3.8, 4) is 0 Å². The highest BCUT2D eigenvalue weighted by Gasteiger charge is 2.29. The molecule has 1 aliphatic rings. The third-order valence-electron chi connectivity index (χ3n) is 2.98. The minimum Gasteiger partial charge on any atom is -0.448 e. The Morgan fingerprint density at radius 2 is 1.95 bits per heavy atom. The SMILES string of the molecule is O=C1O[C@H](C=Nc2ccc(Cl)cc2Cl)c2ccccc21. The van der Waals surface area contributed by atoms with Crippen LogP contribution in [0, 0.1) is 0 Å². The van der Waals surface area contributed by atoms with Gasteiger partial charge in [-0.05, 0) is 24.3 Å². The molecule has 0 spiro atoms. The number of halogens is 2. The van der Waals surface area contributed by atoms with E-state index in [-0.39, 0.29) is 5.97 Å². The molecule has 1 heterocycles. The molecule has 0 amide bonds. The lowest BCUT2D eigenvalue weighted by Gasteiger charge is -2.04. The predicted molar refractivity (Wildman–Crippen MR) is 79.2 cm³/mol. The minimum atomic E-state index is -0.481. The quantitative estimate of drug-likeness (QED) is 0.600. The number of hydrogen-bond acceptors (Lipinski definition) is 3. The number of carbonyl (C=O) groups is 1. The fourth-order valence-electron chi connectivity index (χ4n) is 2.02. The monoisotopic (exact) mass is 305 g/mol. The molecule has 0 saturated heterocycles. The molecule has 2 aromatic rings. The molecule has 0 N–H and O–H groups in total. The van der Waals surface area contributed by atoms with Crippen molar-refractivity contribution in [2.24, 2.45) is 4.99 Å². The molecule has 0 unspecified atom stereocenters. The van der Waals surface area contributed by atoms with E-state index in [1.807, 2.05) is 12.1 Å². The molecule has 1 atom stereocenters. The number of nitrogens with zero attached hydrogens (tertiary/aromatic N) is 1. The fraction of sp³-hybridized carbons (Fsp3) is 0.0667. The number of hydrogen-bond donors (Lipinski definition) is 0. The Kier molecular flexibility index (Phi) is 3.47. The lowest BCUT2D eigenvalue weighted by Crippen LogP contribution is -1.99. The number of esters is 1. The zero-order valence-electron chi connectivity index (χ0n) is 10.2. The molecule has 5 heteroatoms. The predicted octanol–water partition coefficient (Wildman–Crippen LogP) is 4.61. The molecule has 0 aromatic heterocycles. The topological polar surface area (TPSA) is 38.7 Å². The van der Waals surface area contributed by atoms with E-state index in [9.17, 15) is 4.79 Å². The third kappa shape index (κ3) is 2.42. The second-order valence-electron chi connectivity index (χ2n) is 4.29. The van der Waals surface area contributed by atoms with Gasteiger partial charge in [-0.2, -0.15) is 0 Å². The average Bonchev–Trinajstić information content (AvgIpc) is 2.75. The van der Waals surface area contributed by atoms with Crippen molar-refractivity contribution in [3.05, 3.63) is 63.6 Å². The summed E-state index contributed by atoms with van der Waals surface area (Å²) in [5.74, 6) is -0.334. The Morgan fingerprint density at radius 3 is 2.75 bits per heavy atom. The van der Waals surface area contributed by atoms with E-state index in [4.69, 9.17) is 27.9 Å². The number of carbonyl (C=O) groups excluding carboxylic acids is 1. The lowest BCUT2D eigenvalue weighted by atomic mass is 10.1. The largest absolute Gasteiger partial charge is 0.448 e.